The topological polar surface area (TPSA) is 26.3 Å². The first kappa shape index (κ1) is 11.1. The molecule has 2 nitrogen and oxygen atoms in total. The van der Waals surface area contributed by atoms with E-state index in [2.05, 4.69) is 0 Å². The number of hydrogen-bond acceptors (Lipinski definition) is 2. The van der Waals surface area contributed by atoms with Gasteiger partial charge >= 0.3 is 0 Å². The molecule has 14 heavy (non-hydrogen) atoms. The lowest BCUT2D eigenvalue weighted by atomic mass is 10.2. The predicted molar refractivity (Wildman–Crippen MR) is 57.2 cm³/mol. The van der Waals surface area contributed by atoms with E-state index in [1.54, 1.807) is 18.2 Å². The van der Waals surface area contributed by atoms with Crippen LogP contribution in [0.3, 0.4) is 0 Å². The molecule has 0 saturated carbocycles. The van der Waals surface area contributed by atoms with Gasteiger partial charge in [-0.1, -0.05) is 11.6 Å². The summed E-state index contributed by atoms with van der Waals surface area (Å²) in [5.41, 5.74) is 0.222. The van der Waals surface area contributed by atoms with Crippen LogP contribution >= 0.6 is 11.6 Å². The molecule has 3 heteroatoms. The molecule has 1 rings (SSSR count). The molecule has 1 aromatic rings. The van der Waals surface area contributed by atoms with Gasteiger partial charge in [0.25, 0.3) is 0 Å². The maximum absolute atomic E-state index is 10.5. The molecule has 0 unspecified atom stereocenters. The van der Waals surface area contributed by atoms with Crippen LogP contribution in [-0.4, -0.2) is 11.9 Å². The smallest absolute Gasteiger partial charge is 0.151 e. The van der Waals surface area contributed by atoms with Crippen LogP contribution in [0.2, 0.25) is 5.02 Å². The van der Waals surface area contributed by atoms with Gasteiger partial charge in [0.1, 0.15) is 11.4 Å². The third-order valence-electron chi connectivity index (χ3n) is 1.52. The van der Waals surface area contributed by atoms with Gasteiger partial charge in [-0.25, -0.2) is 0 Å². The van der Waals surface area contributed by atoms with E-state index in [0.717, 1.165) is 6.29 Å². The van der Waals surface area contributed by atoms with E-state index in [4.69, 9.17) is 16.3 Å². The molecule has 0 atom stereocenters. The number of hydrogen-bond donors (Lipinski definition) is 0. The van der Waals surface area contributed by atoms with Crippen molar-refractivity contribution in [2.75, 3.05) is 0 Å². The molecule has 0 amide bonds. The van der Waals surface area contributed by atoms with Crippen molar-refractivity contribution in [3.8, 4) is 5.75 Å². The monoisotopic (exact) mass is 212 g/mol. The van der Waals surface area contributed by atoms with Crippen LogP contribution in [0, 0.1) is 0 Å². The lowest BCUT2D eigenvalue weighted by Crippen LogP contribution is -2.22. The summed E-state index contributed by atoms with van der Waals surface area (Å²) in [5, 5.41) is 0.418. The van der Waals surface area contributed by atoms with Crippen LogP contribution in [0.25, 0.3) is 0 Å². The standard InChI is InChI=1S/C11H13ClO2/c1-11(2,3)14-9-5-4-8(7-13)10(12)6-9/h4-7H,1-3H3. The van der Waals surface area contributed by atoms with E-state index in [0.29, 0.717) is 16.3 Å². The molecule has 0 bridgehead atoms. The Bertz CT molecular complexity index is 340. The molecule has 0 saturated heterocycles. The molecular weight excluding hydrogens is 200 g/mol. The summed E-state index contributed by atoms with van der Waals surface area (Å²) in [6.07, 6.45) is 0.725. The molecule has 1 aromatic carbocycles. The van der Waals surface area contributed by atoms with Gasteiger partial charge in [0.2, 0.25) is 0 Å². The molecule has 0 heterocycles. The third kappa shape index (κ3) is 3.04. The molecule has 0 aliphatic rings. The average molecular weight is 213 g/mol. The van der Waals surface area contributed by atoms with E-state index >= 15 is 0 Å². The van der Waals surface area contributed by atoms with Crippen molar-refractivity contribution in [1.82, 2.24) is 0 Å². The summed E-state index contributed by atoms with van der Waals surface area (Å²) < 4.78 is 5.58. The van der Waals surface area contributed by atoms with Crippen molar-refractivity contribution < 1.29 is 9.53 Å². The zero-order valence-electron chi connectivity index (χ0n) is 8.50. The summed E-state index contributed by atoms with van der Waals surface area (Å²) in [6, 6.07) is 5.04. The Labute approximate surface area is 88.8 Å². The van der Waals surface area contributed by atoms with Gasteiger partial charge in [0.15, 0.2) is 6.29 Å². The molecule has 0 N–H and O–H groups in total. The van der Waals surface area contributed by atoms with Crippen molar-refractivity contribution in [2.45, 2.75) is 26.4 Å². The van der Waals surface area contributed by atoms with Crippen molar-refractivity contribution in [1.29, 1.82) is 0 Å². The Morgan fingerprint density at radius 3 is 2.43 bits per heavy atom. The molecule has 0 fully saturated rings. The Morgan fingerprint density at radius 2 is 2.00 bits per heavy atom. The number of halogens is 1. The number of rotatable bonds is 2. The van der Waals surface area contributed by atoms with Gasteiger partial charge in [-0.3, -0.25) is 4.79 Å². The van der Waals surface area contributed by atoms with E-state index in [-0.39, 0.29) is 5.60 Å². The molecule has 0 aliphatic heterocycles. The minimum atomic E-state index is -0.258. The highest BCUT2D eigenvalue weighted by molar-refractivity contribution is 6.33. The van der Waals surface area contributed by atoms with Gasteiger partial charge < -0.3 is 4.74 Å². The second-order valence-corrected chi connectivity index (χ2v) is 4.42. The van der Waals surface area contributed by atoms with E-state index < -0.39 is 0 Å². The van der Waals surface area contributed by atoms with Gasteiger partial charge in [0.05, 0.1) is 5.02 Å². The largest absolute Gasteiger partial charge is 0.488 e. The summed E-state index contributed by atoms with van der Waals surface area (Å²) >= 11 is 5.85. The lowest BCUT2D eigenvalue weighted by molar-refractivity contribution is 0.112. The minimum Gasteiger partial charge on any atom is -0.488 e. The van der Waals surface area contributed by atoms with Gasteiger partial charge in [-0.2, -0.15) is 0 Å². The molecular formula is C11H13ClO2. The molecule has 76 valence electrons. The van der Waals surface area contributed by atoms with Crippen molar-refractivity contribution in [3.05, 3.63) is 28.8 Å². The van der Waals surface area contributed by atoms with Gasteiger partial charge in [0, 0.05) is 5.56 Å². The summed E-state index contributed by atoms with van der Waals surface area (Å²) in [4.78, 5) is 10.5. The highest BCUT2D eigenvalue weighted by Gasteiger charge is 2.12. The van der Waals surface area contributed by atoms with E-state index in [1.807, 2.05) is 20.8 Å². The average Bonchev–Trinajstić information content (AvgIpc) is 2.01. The van der Waals surface area contributed by atoms with Crippen LogP contribution in [0.15, 0.2) is 18.2 Å². The Morgan fingerprint density at radius 1 is 1.36 bits per heavy atom. The lowest BCUT2D eigenvalue weighted by Gasteiger charge is -2.21. The minimum absolute atomic E-state index is 0.258. The van der Waals surface area contributed by atoms with Crippen molar-refractivity contribution in [2.24, 2.45) is 0 Å². The number of carbonyl (C=O) groups is 1. The third-order valence-corrected chi connectivity index (χ3v) is 1.85. The SMILES string of the molecule is CC(C)(C)Oc1ccc(C=O)c(Cl)c1. The second kappa shape index (κ2) is 4.01. The van der Waals surface area contributed by atoms with E-state index in [9.17, 15) is 4.79 Å². The second-order valence-electron chi connectivity index (χ2n) is 4.02. The van der Waals surface area contributed by atoms with Crippen LogP contribution < -0.4 is 4.74 Å². The maximum Gasteiger partial charge on any atom is 0.151 e. The number of ether oxygens (including phenoxy) is 1. The van der Waals surface area contributed by atoms with E-state index in [1.165, 1.54) is 0 Å². The van der Waals surface area contributed by atoms with Crippen LogP contribution in [-0.2, 0) is 0 Å². The number of benzene rings is 1. The zero-order valence-corrected chi connectivity index (χ0v) is 9.26. The highest BCUT2D eigenvalue weighted by atomic mass is 35.5. The fraction of sp³-hybridized carbons (Fsp3) is 0.364. The first-order chi connectivity index (χ1) is 6.42. The fourth-order valence-electron chi connectivity index (χ4n) is 1.02. The normalized spacial score (nSPS) is 11.1. The predicted octanol–water partition coefficient (Wildman–Crippen LogP) is 3.33. The first-order valence-corrected chi connectivity index (χ1v) is 4.74. The molecule has 0 spiro atoms. The molecule has 0 aliphatic carbocycles. The maximum atomic E-state index is 10.5. The molecule has 0 radical (unpaired) electrons. The number of aldehydes is 1. The number of carbonyl (C=O) groups excluding carboxylic acids is 1. The van der Waals surface area contributed by atoms with Gasteiger partial charge in [-0.15, -0.1) is 0 Å². The van der Waals surface area contributed by atoms with Crippen LogP contribution in [0.5, 0.6) is 5.75 Å². The van der Waals surface area contributed by atoms with Crippen molar-refractivity contribution in [3.63, 3.8) is 0 Å². The zero-order chi connectivity index (χ0) is 10.8. The quantitative estimate of drug-likeness (QED) is 0.703. The summed E-state index contributed by atoms with van der Waals surface area (Å²) in [7, 11) is 0. The fourth-order valence-corrected chi connectivity index (χ4v) is 1.24. The van der Waals surface area contributed by atoms with Gasteiger partial charge in [-0.05, 0) is 39.0 Å². The van der Waals surface area contributed by atoms with Crippen LogP contribution in [0.1, 0.15) is 31.1 Å². The summed E-state index contributed by atoms with van der Waals surface area (Å²) in [5.74, 6) is 0.674. The first-order valence-electron chi connectivity index (χ1n) is 4.36. The Kier molecular flexibility index (Phi) is 3.17. The Balaban J connectivity index is 2.92. The van der Waals surface area contributed by atoms with Crippen molar-refractivity contribution >= 4 is 17.9 Å². The molecule has 0 aromatic heterocycles. The van der Waals surface area contributed by atoms with Crippen LogP contribution in [0.4, 0.5) is 0 Å². The Hall–Kier alpha value is -1.02. The highest BCUT2D eigenvalue weighted by Crippen LogP contribution is 2.24. The summed E-state index contributed by atoms with van der Waals surface area (Å²) in [6.45, 7) is 5.86.